The minimum Gasteiger partial charge on any atom is -0.381 e. The minimum absolute atomic E-state index is 0.0627. The molecule has 2 fully saturated rings. The summed E-state index contributed by atoms with van der Waals surface area (Å²) in [7, 11) is 0. The zero-order chi connectivity index (χ0) is 29.4. The number of fused-ring (bicyclic) bond motifs is 1. The molecule has 2 aromatic carbocycles. The highest BCUT2D eigenvalue weighted by molar-refractivity contribution is 5.90. The summed E-state index contributed by atoms with van der Waals surface area (Å²) in [5, 5.41) is 9.33. The minimum atomic E-state index is -0.682. The summed E-state index contributed by atoms with van der Waals surface area (Å²) in [5.41, 5.74) is 1.24. The summed E-state index contributed by atoms with van der Waals surface area (Å²) in [6, 6.07) is 15.1. The van der Waals surface area contributed by atoms with Crippen LogP contribution in [0.1, 0.15) is 43.2 Å². The smallest absolute Gasteiger partial charge is 0.243 e. The summed E-state index contributed by atoms with van der Waals surface area (Å²) < 4.78 is 18.8. The maximum atomic E-state index is 13.7. The van der Waals surface area contributed by atoms with Crippen molar-refractivity contribution in [3.63, 3.8) is 0 Å². The number of carbonyl (C=O) groups excluding carboxylic acids is 3. The van der Waals surface area contributed by atoms with Crippen LogP contribution in [0, 0.1) is 17.2 Å². The summed E-state index contributed by atoms with van der Waals surface area (Å²) >= 11 is 0. The van der Waals surface area contributed by atoms with E-state index in [1.807, 2.05) is 30.3 Å². The molecule has 0 radical (unpaired) electrons. The van der Waals surface area contributed by atoms with Gasteiger partial charge in [0.2, 0.25) is 17.7 Å². The van der Waals surface area contributed by atoms with E-state index in [2.05, 4.69) is 33.0 Å². The highest BCUT2D eigenvalue weighted by atomic mass is 19.1. The Balaban J connectivity index is 1.27. The van der Waals surface area contributed by atoms with Crippen LogP contribution >= 0.6 is 0 Å². The molecular formula is C33H41FN4O4. The number of hydrogen-bond acceptors (Lipinski definition) is 5. The van der Waals surface area contributed by atoms with Crippen molar-refractivity contribution in [2.24, 2.45) is 11.3 Å². The Morgan fingerprint density at radius 3 is 2.52 bits per heavy atom. The lowest BCUT2D eigenvalue weighted by Crippen LogP contribution is -2.58. The molecule has 0 aromatic heterocycles. The molecule has 3 atom stereocenters. The second kappa shape index (κ2) is 14.1. The number of nitrogens with one attached hydrogen (secondary N) is 3. The average Bonchev–Trinajstić information content (AvgIpc) is 3.00. The quantitative estimate of drug-likeness (QED) is 0.459. The van der Waals surface area contributed by atoms with Crippen molar-refractivity contribution in [3.05, 3.63) is 83.7 Å². The van der Waals surface area contributed by atoms with Gasteiger partial charge in [0.15, 0.2) is 0 Å². The second-order valence-electron chi connectivity index (χ2n) is 11.8. The first-order valence-electron chi connectivity index (χ1n) is 15.0. The zero-order valence-corrected chi connectivity index (χ0v) is 24.0. The number of likely N-dealkylation sites (tertiary alicyclic amines) is 1. The van der Waals surface area contributed by atoms with Crippen LogP contribution in [0.15, 0.2) is 66.7 Å². The monoisotopic (exact) mass is 576 g/mol. The molecule has 3 heterocycles. The molecule has 0 unspecified atom stereocenters. The third-order valence-corrected chi connectivity index (χ3v) is 8.87. The molecule has 224 valence electrons. The van der Waals surface area contributed by atoms with Gasteiger partial charge in [-0.15, -0.1) is 0 Å². The Bertz CT molecular complexity index is 1250. The van der Waals surface area contributed by atoms with Gasteiger partial charge >= 0.3 is 0 Å². The third-order valence-electron chi connectivity index (χ3n) is 8.87. The van der Waals surface area contributed by atoms with Crippen LogP contribution in [0.25, 0.3) is 0 Å². The first-order chi connectivity index (χ1) is 20.4. The van der Waals surface area contributed by atoms with Gasteiger partial charge in [0.05, 0.1) is 12.0 Å². The van der Waals surface area contributed by atoms with Gasteiger partial charge in [0.1, 0.15) is 11.9 Å². The molecule has 3 N–H and O–H groups in total. The van der Waals surface area contributed by atoms with Crippen molar-refractivity contribution in [2.75, 3.05) is 32.8 Å². The van der Waals surface area contributed by atoms with Crippen LogP contribution in [-0.4, -0.2) is 67.6 Å². The van der Waals surface area contributed by atoms with Crippen LogP contribution in [0.5, 0.6) is 0 Å². The van der Waals surface area contributed by atoms with Crippen molar-refractivity contribution in [1.29, 1.82) is 0 Å². The van der Waals surface area contributed by atoms with Gasteiger partial charge in [-0.05, 0) is 61.3 Å². The van der Waals surface area contributed by atoms with E-state index in [1.54, 1.807) is 12.1 Å². The van der Waals surface area contributed by atoms with Crippen LogP contribution in [0.4, 0.5) is 4.39 Å². The Labute approximate surface area is 247 Å². The summed E-state index contributed by atoms with van der Waals surface area (Å²) in [5.74, 6) is -0.507. The zero-order valence-electron chi connectivity index (χ0n) is 24.0. The van der Waals surface area contributed by atoms with Gasteiger partial charge < -0.3 is 20.7 Å². The average molecular weight is 577 g/mol. The van der Waals surface area contributed by atoms with Gasteiger partial charge in [0, 0.05) is 45.3 Å². The highest BCUT2D eigenvalue weighted by Crippen LogP contribution is 2.36. The summed E-state index contributed by atoms with van der Waals surface area (Å²) in [4.78, 5) is 42.3. The lowest BCUT2D eigenvalue weighted by atomic mass is 9.75. The van der Waals surface area contributed by atoms with Crippen LogP contribution in [0.3, 0.4) is 0 Å². The van der Waals surface area contributed by atoms with Gasteiger partial charge in [-0.25, -0.2) is 4.39 Å². The number of halogens is 1. The number of hydrogen-bond donors (Lipinski definition) is 3. The van der Waals surface area contributed by atoms with Crippen molar-refractivity contribution < 1.29 is 23.5 Å². The Morgan fingerprint density at radius 2 is 1.76 bits per heavy atom. The molecule has 3 aliphatic heterocycles. The van der Waals surface area contributed by atoms with Crippen molar-refractivity contribution in [3.8, 4) is 0 Å². The maximum Gasteiger partial charge on any atom is 0.243 e. The molecular weight excluding hydrogens is 535 g/mol. The van der Waals surface area contributed by atoms with Crippen molar-refractivity contribution >= 4 is 17.7 Å². The molecule has 5 rings (SSSR count). The molecule has 2 aromatic rings. The largest absolute Gasteiger partial charge is 0.381 e. The van der Waals surface area contributed by atoms with Gasteiger partial charge in [-0.1, -0.05) is 54.6 Å². The van der Waals surface area contributed by atoms with Crippen molar-refractivity contribution in [2.45, 2.75) is 57.2 Å². The van der Waals surface area contributed by atoms with Crippen LogP contribution < -0.4 is 16.0 Å². The fourth-order valence-electron chi connectivity index (χ4n) is 6.26. The van der Waals surface area contributed by atoms with E-state index in [4.69, 9.17) is 4.74 Å². The summed E-state index contributed by atoms with van der Waals surface area (Å²) in [6.07, 6.45) is 7.97. The predicted molar refractivity (Wildman–Crippen MR) is 158 cm³/mol. The van der Waals surface area contributed by atoms with Crippen molar-refractivity contribution in [1.82, 2.24) is 20.9 Å². The van der Waals surface area contributed by atoms with E-state index in [1.165, 1.54) is 12.1 Å². The molecule has 0 aliphatic carbocycles. The molecule has 42 heavy (non-hydrogen) atoms. The second-order valence-corrected chi connectivity index (χ2v) is 11.8. The highest BCUT2D eigenvalue weighted by Gasteiger charge is 2.41. The molecule has 0 saturated carbocycles. The SMILES string of the molecule is O=C(CN1CC[C@H]2NC(=O)[C@H](Cc3ccccc3)NC(=O)C3(CC=CC[C@H]2C1)CCOCC3)NCc1ccc(F)cc1. The van der Waals surface area contributed by atoms with E-state index >= 15 is 0 Å². The van der Waals surface area contributed by atoms with E-state index in [0.29, 0.717) is 65.0 Å². The van der Waals surface area contributed by atoms with E-state index < -0.39 is 11.5 Å². The molecule has 8 nitrogen and oxygen atoms in total. The number of rotatable bonds is 6. The van der Waals surface area contributed by atoms with Crippen LogP contribution in [-0.2, 0) is 32.1 Å². The molecule has 3 aliphatic rings. The number of amides is 3. The van der Waals surface area contributed by atoms with Gasteiger partial charge in [-0.2, -0.15) is 0 Å². The standard InChI is InChI=1S/C33H41FN4O4/c34-27-11-9-25(10-12-27)21-35-30(39)23-38-17-13-28-26(22-38)8-4-5-14-33(15-18-42-19-16-33)32(41)37-29(31(40)36-28)20-24-6-2-1-3-7-24/h1-7,9-12,26,28-29H,8,13-23H2,(H,35,39)(H,36,40)(H,37,41)/t26-,28+,29-/m0/s1. The van der Waals surface area contributed by atoms with Gasteiger partial charge in [0.25, 0.3) is 0 Å². The molecule has 0 bridgehead atoms. The Morgan fingerprint density at radius 1 is 1.00 bits per heavy atom. The number of allylic oxidation sites excluding steroid dienone is 2. The topological polar surface area (TPSA) is 99.8 Å². The number of carbonyl (C=O) groups is 3. The third kappa shape index (κ3) is 7.83. The fraction of sp³-hybridized carbons (Fsp3) is 0.485. The first kappa shape index (κ1) is 29.9. The number of piperidine rings is 1. The lowest BCUT2D eigenvalue weighted by molar-refractivity contribution is -0.140. The molecule has 9 heteroatoms. The Kier molecular flexibility index (Phi) is 10.0. The van der Waals surface area contributed by atoms with E-state index in [9.17, 15) is 18.8 Å². The number of ether oxygens (including phenoxy) is 1. The normalized spacial score (nSPS) is 24.9. The predicted octanol–water partition coefficient (Wildman–Crippen LogP) is 3.12. The lowest BCUT2D eigenvalue weighted by Gasteiger charge is -2.40. The first-order valence-corrected chi connectivity index (χ1v) is 15.0. The Hall–Kier alpha value is -3.56. The maximum absolute atomic E-state index is 13.7. The molecule has 3 amide bonds. The summed E-state index contributed by atoms with van der Waals surface area (Å²) in [6.45, 7) is 3.01. The fourth-order valence-corrected chi connectivity index (χ4v) is 6.26. The van der Waals surface area contributed by atoms with E-state index in [-0.39, 0.29) is 42.0 Å². The van der Waals surface area contributed by atoms with Gasteiger partial charge in [-0.3, -0.25) is 19.3 Å². The number of nitrogens with zero attached hydrogens (tertiary/aromatic N) is 1. The molecule has 1 spiro atoms. The van der Waals surface area contributed by atoms with E-state index in [0.717, 1.165) is 17.5 Å². The van der Waals surface area contributed by atoms with Crippen LogP contribution in [0.2, 0.25) is 0 Å². The molecule has 2 saturated heterocycles. The number of benzene rings is 2.